The average Bonchev–Trinajstić information content (AvgIpc) is 2.14. The number of hydrogen-bond acceptors (Lipinski definition) is 2. The molecule has 4 heteroatoms. The zero-order valence-electron chi connectivity index (χ0n) is 4.89. The molecule has 1 aliphatic heterocycles. The highest BCUT2D eigenvalue weighted by atomic mass is 19.3. The Balaban J connectivity index is 2.30. The Labute approximate surface area is 52.0 Å². The summed E-state index contributed by atoms with van der Waals surface area (Å²) in [4.78, 5) is 0. The molecule has 0 aromatic rings. The van der Waals surface area contributed by atoms with Crippen LogP contribution in [-0.2, 0) is 4.74 Å². The van der Waals surface area contributed by atoms with Gasteiger partial charge in [-0.2, -0.15) is 0 Å². The molecule has 2 N–H and O–H groups in total. The van der Waals surface area contributed by atoms with E-state index in [0.717, 1.165) is 0 Å². The van der Waals surface area contributed by atoms with Gasteiger partial charge in [-0.25, -0.2) is 8.78 Å². The Morgan fingerprint density at radius 1 is 1.56 bits per heavy atom. The molecule has 2 atom stereocenters. The predicted octanol–water partition coefficient (Wildman–Crippen LogP) is 0.368. The van der Waals surface area contributed by atoms with E-state index in [9.17, 15) is 8.78 Å². The zero-order valence-corrected chi connectivity index (χ0v) is 4.89. The lowest BCUT2D eigenvalue weighted by Crippen LogP contribution is -2.21. The van der Waals surface area contributed by atoms with Gasteiger partial charge in [-0.05, 0) is 6.42 Å². The molecule has 9 heavy (non-hydrogen) atoms. The zero-order chi connectivity index (χ0) is 6.85. The van der Waals surface area contributed by atoms with Crippen molar-refractivity contribution in [1.29, 1.82) is 0 Å². The molecule has 2 unspecified atom stereocenters. The molecule has 0 saturated carbocycles. The minimum Gasteiger partial charge on any atom is -0.371 e. The molecule has 0 bridgehead atoms. The van der Waals surface area contributed by atoms with Crippen molar-refractivity contribution in [3.05, 3.63) is 0 Å². The monoisotopic (exact) mass is 137 g/mol. The van der Waals surface area contributed by atoms with Gasteiger partial charge in [-0.15, -0.1) is 0 Å². The summed E-state index contributed by atoms with van der Waals surface area (Å²) in [5, 5.41) is 0. The first-order valence-electron chi connectivity index (χ1n) is 2.85. The van der Waals surface area contributed by atoms with Gasteiger partial charge < -0.3 is 10.5 Å². The number of alkyl halides is 2. The Bertz CT molecular complexity index is 99.0. The van der Waals surface area contributed by atoms with Gasteiger partial charge in [0.1, 0.15) is 6.10 Å². The lowest BCUT2D eigenvalue weighted by molar-refractivity contribution is -0.0220. The number of nitrogens with two attached hydrogens (primary N) is 1. The highest BCUT2D eigenvalue weighted by molar-refractivity contribution is 4.76. The maximum Gasteiger partial charge on any atom is 0.264 e. The third-order valence-corrected chi connectivity index (χ3v) is 1.34. The van der Waals surface area contributed by atoms with Gasteiger partial charge in [0.25, 0.3) is 6.43 Å². The van der Waals surface area contributed by atoms with Crippen LogP contribution in [0, 0.1) is 0 Å². The lowest BCUT2D eigenvalue weighted by atomic mass is 10.2. The molecule has 0 aromatic carbocycles. The normalized spacial score (nSPS) is 36.0. The summed E-state index contributed by atoms with van der Waals surface area (Å²) >= 11 is 0. The van der Waals surface area contributed by atoms with E-state index in [4.69, 9.17) is 5.73 Å². The third kappa shape index (κ3) is 1.59. The Hall–Kier alpha value is -0.220. The fraction of sp³-hybridized carbons (Fsp3) is 1.00. The molecule has 1 heterocycles. The average molecular weight is 137 g/mol. The van der Waals surface area contributed by atoms with Gasteiger partial charge in [0.05, 0.1) is 6.61 Å². The van der Waals surface area contributed by atoms with Crippen molar-refractivity contribution < 1.29 is 13.5 Å². The molecule has 1 saturated heterocycles. The number of rotatable bonds is 1. The summed E-state index contributed by atoms with van der Waals surface area (Å²) in [6, 6.07) is -0.191. The van der Waals surface area contributed by atoms with Gasteiger partial charge in [0, 0.05) is 6.04 Å². The second kappa shape index (κ2) is 2.58. The summed E-state index contributed by atoms with van der Waals surface area (Å²) in [6.45, 7) is 0.273. The summed E-state index contributed by atoms with van der Waals surface area (Å²) in [7, 11) is 0. The highest BCUT2D eigenvalue weighted by Gasteiger charge is 2.29. The van der Waals surface area contributed by atoms with Gasteiger partial charge >= 0.3 is 0 Å². The van der Waals surface area contributed by atoms with E-state index in [1.807, 2.05) is 0 Å². The molecular weight excluding hydrogens is 128 g/mol. The first-order chi connectivity index (χ1) is 4.20. The Morgan fingerprint density at radius 2 is 2.22 bits per heavy atom. The largest absolute Gasteiger partial charge is 0.371 e. The summed E-state index contributed by atoms with van der Waals surface area (Å²) in [5.74, 6) is 0. The van der Waals surface area contributed by atoms with Crippen molar-refractivity contribution in [3.63, 3.8) is 0 Å². The van der Waals surface area contributed by atoms with E-state index in [0.29, 0.717) is 0 Å². The van der Waals surface area contributed by atoms with Crippen LogP contribution in [-0.4, -0.2) is 25.2 Å². The molecule has 1 fully saturated rings. The summed E-state index contributed by atoms with van der Waals surface area (Å²) in [6.07, 6.45) is -3.00. The van der Waals surface area contributed by atoms with Crippen LogP contribution in [0.4, 0.5) is 8.78 Å². The van der Waals surface area contributed by atoms with Crippen molar-refractivity contribution in [2.45, 2.75) is 25.0 Å². The van der Waals surface area contributed by atoms with Crippen LogP contribution >= 0.6 is 0 Å². The first kappa shape index (κ1) is 6.89. The molecule has 0 aromatic heterocycles. The molecule has 0 amide bonds. The fourth-order valence-electron chi connectivity index (χ4n) is 0.857. The Kier molecular flexibility index (Phi) is 1.97. The van der Waals surface area contributed by atoms with Gasteiger partial charge in [-0.1, -0.05) is 0 Å². The van der Waals surface area contributed by atoms with E-state index in [-0.39, 0.29) is 19.1 Å². The maximum absolute atomic E-state index is 11.7. The van der Waals surface area contributed by atoms with Crippen molar-refractivity contribution in [2.75, 3.05) is 6.61 Å². The molecular formula is C5H9F2NO. The van der Waals surface area contributed by atoms with Crippen LogP contribution in [0.15, 0.2) is 0 Å². The summed E-state index contributed by atoms with van der Waals surface area (Å²) < 4.78 is 28.1. The second-order valence-corrected chi connectivity index (χ2v) is 2.20. The van der Waals surface area contributed by atoms with Crippen LogP contribution in [0.3, 0.4) is 0 Å². The SMILES string of the molecule is NC1COC(C(F)F)C1. The van der Waals surface area contributed by atoms with E-state index in [2.05, 4.69) is 4.74 Å². The van der Waals surface area contributed by atoms with Crippen molar-refractivity contribution in [2.24, 2.45) is 5.73 Å². The fourth-order valence-corrected chi connectivity index (χ4v) is 0.857. The topological polar surface area (TPSA) is 35.2 Å². The standard InChI is InChI=1S/C5H9F2NO/c6-5(7)4-1-3(8)2-9-4/h3-5H,1-2,8H2. The van der Waals surface area contributed by atoms with Crippen molar-refractivity contribution >= 4 is 0 Å². The second-order valence-electron chi connectivity index (χ2n) is 2.20. The van der Waals surface area contributed by atoms with E-state index < -0.39 is 12.5 Å². The molecule has 0 spiro atoms. The van der Waals surface area contributed by atoms with Crippen LogP contribution < -0.4 is 5.73 Å². The third-order valence-electron chi connectivity index (χ3n) is 1.34. The highest BCUT2D eigenvalue weighted by Crippen LogP contribution is 2.17. The minimum absolute atomic E-state index is 0.191. The summed E-state index contributed by atoms with van der Waals surface area (Å²) in [5.41, 5.74) is 5.30. The van der Waals surface area contributed by atoms with Gasteiger partial charge in [-0.3, -0.25) is 0 Å². The molecule has 0 aliphatic carbocycles. The van der Waals surface area contributed by atoms with Crippen molar-refractivity contribution in [3.8, 4) is 0 Å². The number of ether oxygens (including phenoxy) is 1. The molecule has 54 valence electrons. The van der Waals surface area contributed by atoms with E-state index in [1.54, 1.807) is 0 Å². The predicted molar refractivity (Wildman–Crippen MR) is 28.3 cm³/mol. The molecule has 2 nitrogen and oxygen atoms in total. The van der Waals surface area contributed by atoms with Gasteiger partial charge in [0.2, 0.25) is 0 Å². The first-order valence-corrected chi connectivity index (χ1v) is 2.85. The van der Waals surface area contributed by atoms with Crippen LogP contribution in [0.2, 0.25) is 0 Å². The molecule has 1 aliphatic rings. The van der Waals surface area contributed by atoms with Gasteiger partial charge in [0.15, 0.2) is 0 Å². The van der Waals surface area contributed by atoms with Crippen LogP contribution in [0.1, 0.15) is 6.42 Å². The number of halogens is 2. The Morgan fingerprint density at radius 3 is 2.44 bits per heavy atom. The van der Waals surface area contributed by atoms with Crippen LogP contribution in [0.25, 0.3) is 0 Å². The lowest BCUT2D eigenvalue weighted by Gasteiger charge is -2.05. The maximum atomic E-state index is 11.7. The van der Waals surface area contributed by atoms with E-state index >= 15 is 0 Å². The number of hydrogen-bond donors (Lipinski definition) is 1. The van der Waals surface area contributed by atoms with E-state index in [1.165, 1.54) is 0 Å². The molecule has 0 radical (unpaired) electrons. The smallest absolute Gasteiger partial charge is 0.264 e. The quantitative estimate of drug-likeness (QED) is 0.566. The van der Waals surface area contributed by atoms with Crippen LogP contribution in [0.5, 0.6) is 0 Å². The molecule has 1 rings (SSSR count). The minimum atomic E-state index is -2.38. The van der Waals surface area contributed by atoms with Crippen molar-refractivity contribution in [1.82, 2.24) is 0 Å².